The Balaban J connectivity index is 1.65. The summed E-state index contributed by atoms with van der Waals surface area (Å²) in [6.45, 7) is 0.744. The summed E-state index contributed by atoms with van der Waals surface area (Å²) in [5.74, 6) is 3.83. The molecule has 2 aliphatic carbocycles. The molecule has 0 spiro atoms. The van der Waals surface area contributed by atoms with E-state index in [0.29, 0.717) is 23.0 Å². The summed E-state index contributed by atoms with van der Waals surface area (Å²) in [7, 11) is 1.60. The van der Waals surface area contributed by atoms with E-state index < -0.39 is 0 Å². The summed E-state index contributed by atoms with van der Waals surface area (Å²) in [5.41, 5.74) is 0.572. The van der Waals surface area contributed by atoms with Crippen molar-refractivity contribution >= 4 is 6.29 Å². The third-order valence-electron chi connectivity index (χ3n) is 4.68. The molecule has 1 aromatic carbocycles. The van der Waals surface area contributed by atoms with Crippen LogP contribution in [0.1, 0.15) is 36.0 Å². The van der Waals surface area contributed by atoms with Crippen molar-refractivity contribution < 1.29 is 14.3 Å². The van der Waals surface area contributed by atoms with Gasteiger partial charge in [0.05, 0.1) is 19.3 Å². The van der Waals surface area contributed by atoms with Gasteiger partial charge in [-0.1, -0.05) is 6.42 Å². The van der Waals surface area contributed by atoms with Crippen LogP contribution in [0.2, 0.25) is 0 Å². The Morgan fingerprint density at radius 2 is 2.21 bits per heavy atom. The lowest BCUT2D eigenvalue weighted by Crippen LogP contribution is -2.18. The molecule has 19 heavy (non-hydrogen) atoms. The minimum Gasteiger partial charge on any atom is -0.497 e. The zero-order valence-corrected chi connectivity index (χ0v) is 11.3. The first-order valence-corrected chi connectivity index (χ1v) is 7.06. The second-order valence-electron chi connectivity index (χ2n) is 5.77. The highest BCUT2D eigenvalue weighted by Gasteiger charge is 2.39. The van der Waals surface area contributed by atoms with Crippen molar-refractivity contribution in [2.24, 2.45) is 17.8 Å². The molecule has 2 fully saturated rings. The highest BCUT2D eigenvalue weighted by atomic mass is 16.5. The fourth-order valence-electron chi connectivity index (χ4n) is 3.65. The third kappa shape index (κ3) is 2.46. The molecule has 3 rings (SSSR count). The summed E-state index contributed by atoms with van der Waals surface area (Å²) in [6, 6.07) is 5.39. The Kier molecular flexibility index (Phi) is 3.45. The first-order chi connectivity index (χ1) is 9.30. The molecule has 1 aromatic rings. The molecule has 3 heteroatoms. The maximum atomic E-state index is 11.1. The molecule has 102 valence electrons. The number of fused-ring (bicyclic) bond motifs is 2. The number of hydrogen-bond acceptors (Lipinski definition) is 3. The van der Waals surface area contributed by atoms with Crippen molar-refractivity contribution in [3.8, 4) is 11.5 Å². The number of benzene rings is 1. The Labute approximate surface area is 113 Å². The van der Waals surface area contributed by atoms with Crippen LogP contribution in [0.3, 0.4) is 0 Å². The van der Waals surface area contributed by atoms with E-state index in [-0.39, 0.29) is 0 Å². The third-order valence-corrected chi connectivity index (χ3v) is 4.68. The molecule has 0 amide bonds. The number of aldehydes is 1. The first kappa shape index (κ1) is 12.5. The van der Waals surface area contributed by atoms with Gasteiger partial charge in [-0.15, -0.1) is 0 Å². The van der Waals surface area contributed by atoms with Gasteiger partial charge in [-0.25, -0.2) is 0 Å². The van der Waals surface area contributed by atoms with Gasteiger partial charge in [-0.05, 0) is 55.2 Å². The van der Waals surface area contributed by atoms with Gasteiger partial charge in [0.25, 0.3) is 0 Å². The monoisotopic (exact) mass is 260 g/mol. The number of ether oxygens (including phenoxy) is 2. The summed E-state index contributed by atoms with van der Waals surface area (Å²) in [4.78, 5) is 11.1. The molecule has 0 radical (unpaired) electrons. The van der Waals surface area contributed by atoms with Crippen LogP contribution in [0, 0.1) is 17.8 Å². The zero-order valence-electron chi connectivity index (χ0n) is 11.3. The van der Waals surface area contributed by atoms with Gasteiger partial charge in [0, 0.05) is 0 Å². The average molecular weight is 260 g/mol. The number of methoxy groups -OCH3 is 1. The molecule has 3 nitrogen and oxygen atoms in total. The Morgan fingerprint density at radius 3 is 2.84 bits per heavy atom. The highest BCUT2D eigenvalue weighted by molar-refractivity contribution is 5.80. The number of carbonyl (C=O) groups is 1. The van der Waals surface area contributed by atoms with E-state index in [9.17, 15) is 4.79 Å². The molecule has 0 aliphatic heterocycles. The summed E-state index contributed by atoms with van der Waals surface area (Å²) in [5, 5.41) is 0. The maximum Gasteiger partial charge on any atom is 0.153 e. The SMILES string of the molecule is COc1ccc(OCC2CC3CCC2C3)c(C=O)c1. The summed E-state index contributed by atoms with van der Waals surface area (Å²) in [6.07, 6.45) is 6.29. The van der Waals surface area contributed by atoms with Crippen LogP contribution in [-0.2, 0) is 0 Å². The second-order valence-corrected chi connectivity index (χ2v) is 5.77. The predicted molar refractivity (Wildman–Crippen MR) is 72.8 cm³/mol. The lowest BCUT2D eigenvalue weighted by atomic mass is 9.89. The molecule has 0 saturated heterocycles. The van der Waals surface area contributed by atoms with E-state index in [1.807, 2.05) is 12.1 Å². The molecular weight excluding hydrogens is 240 g/mol. The smallest absolute Gasteiger partial charge is 0.153 e. The zero-order chi connectivity index (χ0) is 13.2. The van der Waals surface area contributed by atoms with Crippen molar-refractivity contribution in [1.82, 2.24) is 0 Å². The van der Waals surface area contributed by atoms with Gasteiger partial charge in [0.2, 0.25) is 0 Å². The largest absolute Gasteiger partial charge is 0.497 e. The maximum absolute atomic E-state index is 11.1. The van der Waals surface area contributed by atoms with Gasteiger partial charge in [0.1, 0.15) is 11.5 Å². The Bertz CT molecular complexity index is 469. The van der Waals surface area contributed by atoms with E-state index in [2.05, 4.69) is 0 Å². The van der Waals surface area contributed by atoms with Gasteiger partial charge in [-0.3, -0.25) is 4.79 Å². The quantitative estimate of drug-likeness (QED) is 0.762. The number of hydrogen-bond donors (Lipinski definition) is 0. The molecule has 3 unspecified atom stereocenters. The highest BCUT2D eigenvalue weighted by Crippen LogP contribution is 2.48. The van der Waals surface area contributed by atoms with Crippen molar-refractivity contribution in [3.63, 3.8) is 0 Å². The normalized spacial score (nSPS) is 28.4. The minimum atomic E-state index is 0.572. The van der Waals surface area contributed by atoms with Crippen LogP contribution in [0.15, 0.2) is 18.2 Å². The van der Waals surface area contributed by atoms with Crippen LogP contribution < -0.4 is 9.47 Å². The minimum absolute atomic E-state index is 0.572. The molecule has 0 N–H and O–H groups in total. The lowest BCUT2D eigenvalue weighted by molar-refractivity contribution is 0.111. The molecule has 3 atom stereocenters. The van der Waals surface area contributed by atoms with Crippen LogP contribution in [0.4, 0.5) is 0 Å². The van der Waals surface area contributed by atoms with E-state index in [1.54, 1.807) is 13.2 Å². The van der Waals surface area contributed by atoms with Gasteiger partial charge in [-0.2, -0.15) is 0 Å². The summed E-state index contributed by atoms with van der Waals surface area (Å²) >= 11 is 0. The van der Waals surface area contributed by atoms with E-state index in [4.69, 9.17) is 9.47 Å². The van der Waals surface area contributed by atoms with E-state index >= 15 is 0 Å². The Hall–Kier alpha value is -1.51. The van der Waals surface area contributed by atoms with Crippen molar-refractivity contribution in [3.05, 3.63) is 23.8 Å². The first-order valence-electron chi connectivity index (χ1n) is 7.06. The van der Waals surface area contributed by atoms with Crippen LogP contribution in [-0.4, -0.2) is 20.0 Å². The fraction of sp³-hybridized carbons (Fsp3) is 0.562. The average Bonchev–Trinajstić information content (AvgIpc) is 3.07. The van der Waals surface area contributed by atoms with Crippen LogP contribution in [0.5, 0.6) is 11.5 Å². The van der Waals surface area contributed by atoms with Gasteiger partial charge < -0.3 is 9.47 Å². The van der Waals surface area contributed by atoms with Gasteiger partial charge in [0.15, 0.2) is 6.29 Å². The second kappa shape index (κ2) is 5.24. The number of carbonyl (C=O) groups excluding carboxylic acids is 1. The predicted octanol–water partition coefficient (Wildman–Crippen LogP) is 3.32. The molecular formula is C16H20O3. The fourth-order valence-corrected chi connectivity index (χ4v) is 3.65. The number of rotatable bonds is 5. The van der Waals surface area contributed by atoms with Crippen LogP contribution >= 0.6 is 0 Å². The van der Waals surface area contributed by atoms with E-state index in [0.717, 1.165) is 24.7 Å². The Morgan fingerprint density at radius 1 is 1.32 bits per heavy atom. The van der Waals surface area contributed by atoms with Crippen LogP contribution in [0.25, 0.3) is 0 Å². The van der Waals surface area contributed by atoms with Gasteiger partial charge >= 0.3 is 0 Å². The van der Waals surface area contributed by atoms with Crippen molar-refractivity contribution in [2.75, 3.05) is 13.7 Å². The van der Waals surface area contributed by atoms with Crippen molar-refractivity contribution in [2.45, 2.75) is 25.7 Å². The topological polar surface area (TPSA) is 35.5 Å². The summed E-state index contributed by atoms with van der Waals surface area (Å²) < 4.78 is 11.0. The molecule has 2 saturated carbocycles. The standard InChI is InChI=1S/C16H20O3/c1-18-15-4-5-16(13(8-15)9-17)19-10-14-7-11-2-3-12(14)6-11/h4-5,8-9,11-12,14H,2-3,6-7,10H2,1H3. The van der Waals surface area contributed by atoms with Crippen molar-refractivity contribution in [1.29, 1.82) is 0 Å². The molecule has 2 bridgehead atoms. The molecule has 2 aliphatic rings. The lowest BCUT2D eigenvalue weighted by Gasteiger charge is -2.22. The van der Waals surface area contributed by atoms with E-state index in [1.165, 1.54) is 25.7 Å². The molecule has 0 heterocycles. The molecule has 0 aromatic heterocycles.